The molecule has 0 rings (SSSR count). The average molecular weight is 165 g/mol. The minimum Gasteiger partial charge on any atom is -0.351 e. The Hall–Kier alpha value is -1.23. The summed E-state index contributed by atoms with van der Waals surface area (Å²) in [6.07, 6.45) is 2.51. The third kappa shape index (κ3) is 4.56. The summed E-state index contributed by atoms with van der Waals surface area (Å²) in [5, 5.41) is 2.76. The standard InChI is InChI=1S/C10H15NO/c1-4-6-7-8-11-10(12)9(3)5-2/h5H,7-8H2,1-3H3,(H,11,12)/b9-5-. The van der Waals surface area contributed by atoms with Gasteiger partial charge in [0.05, 0.1) is 0 Å². The number of carbonyl (C=O) groups is 1. The van der Waals surface area contributed by atoms with Crippen LogP contribution in [0.1, 0.15) is 27.2 Å². The smallest absolute Gasteiger partial charge is 0.246 e. The van der Waals surface area contributed by atoms with Crippen LogP contribution in [0.5, 0.6) is 0 Å². The van der Waals surface area contributed by atoms with Crippen molar-refractivity contribution in [2.75, 3.05) is 6.54 Å². The van der Waals surface area contributed by atoms with Gasteiger partial charge in [0.15, 0.2) is 0 Å². The Morgan fingerprint density at radius 2 is 2.25 bits per heavy atom. The van der Waals surface area contributed by atoms with E-state index < -0.39 is 0 Å². The van der Waals surface area contributed by atoms with E-state index in [1.165, 1.54) is 0 Å². The summed E-state index contributed by atoms with van der Waals surface area (Å²) in [6.45, 7) is 6.06. The van der Waals surface area contributed by atoms with Crippen molar-refractivity contribution in [2.24, 2.45) is 0 Å². The zero-order valence-electron chi connectivity index (χ0n) is 7.90. The first kappa shape index (κ1) is 10.8. The molecule has 1 N–H and O–H groups in total. The van der Waals surface area contributed by atoms with Crippen LogP contribution in [-0.2, 0) is 4.79 Å². The SMILES string of the molecule is CC#CCCNC(=O)/C(C)=C\C. The van der Waals surface area contributed by atoms with Crippen molar-refractivity contribution >= 4 is 5.91 Å². The first-order valence-corrected chi connectivity index (χ1v) is 4.03. The second kappa shape index (κ2) is 6.48. The average Bonchev–Trinajstić information content (AvgIpc) is 2.10. The van der Waals surface area contributed by atoms with Gasteiger partial charge in [-0.3, -0.25) is 4.79 Å². The fourth-order valence-corrected chi connectivity index (χ4v) is 0.634. The zero-order valence-corrected chi connectivity index (χ0v) is 7.90. The fourth-order valence-electron chi connectivity index (χ4n) is 0.634. The molecule has 0 spiro atoms. The van der Waals surface area contributed by atoms with Crippen LogP contribution in [0.4, 0.5) is 0 Å². The van der Waals surface area contributed by atoms with Gasteiger partial charge in [-0.1, -0.05) is 6.08 Å². The maximum atomic E-state index is 11.1. The molecule has 0 atom stereocenters. The number of carbonyl (C=O) groups excluding carboxylic acids is 1. The molecule has 0 aliphatic carbocycles. The highest BCUT2D eigenvalue weighted by atomic mass is 16.1. The van der Waals surface area contributed by atoms with Gasteiger partial charge < -0.3 is 5.32 Å². The molecule has 0 aliphatic rings. The lowest BCUT2D eigenvalue weighted by atomic mass is 10.2. The molecule has 0 heterocycles. The second-order valence-corrected chi connectivity index (χ2v) is 2.40. The van der Waals surface area contributed by atoms with Gasteiger partial charge in [0, 0.05) is 18.5 Å². The Bertz CT molecular complexity index is 230. The molecule has 2 nitrogen and oxygen atoms in total. The predicted octanol–water partition coefficient (Wildman–Crippen LogP) is 1.48. The van der Waals surface area contributed by atoms with Crippen molar-refractivity contribution < 1.29 is 4.79 Å². The number of rotatable bonds is 3. The minimum absolute atomic E-state index is 0.00426. The third-order valence-electron chi connectivity index (χ3n) is 1.50. The molecule has 0 aromatic carbocycles. The lowest BCUT2D eigenvalue weighted by Gasteiger charge is -2.01. The molecule has 0 aliphatic heterocycles. The Morgan fingerprint density at radius 3 is 2.75 bits per heavy atom. The molecule has 0 aromatic heterocycles. The van der Waals surface area contributed by atoms with Crippen molar-refractivity contribution in [1.82, 2.24) is 5.32 Å². The maximum absolute atomic E-state index is 11.1. The van der Waals surface area contributed by atoms with Gasteiger partial charge in [0.25, 0.3) is 0 Å². The summed E-state index contributed by atoms with van der Waals surface area (Å²) in [5.41, 5.74) is 0.749. The van der Waals surface area contributed by atoms with E-state index in [1.807, 2.05) is 6.92 Å². The van der Waals surface area contributed by atoms with Crippen LogP contribution >= 0.6 is 0 Å². The van der Waals surface area contributed by atoms with Crippen molar-refractivity contribution in [3.05, 3.63) is 11.6 Å². The van der Waals surface area contributed by atoms with Gasteiger partial charge in [-0.25, -0.2) is 0 Å². The van der Waals surface area contributed by atoms with E-state index in [9.17, 15) is 4.79 Å². The second-order valence-electron chi connectivity index (χ2n) is 2.40. The van der Waals surface area contributed by atoms with E-state index in [-0.39, 0.29) is 5.91 Å². The quantitative estimate of drug-likeness (QED) is 0.383. The van der Waals surface area contributed by atoms with Crippen LogP contribution in [0, 0.1) is 11.8 Å². The van der Waals surface area contributed by atoms with Gasteiger partial charge in [0.1, 0.15) is 0 Å². The highest BCUT2D eigenvalue weighted by Crippen LogP contribution is 1.90. The van der Waals surface area contributed by atoms with E-state index in [0.29, 0.717) is 6.54 Å². The first-order valence-electron chi connectivity index (χ1n) is 4.03. The molecule has 66 valence electrons. The number of nitrogens with one attached hydrogen (secondary N) is 1. The van der Waals surface area contributed by atoms with Crippen LogP contribution in [0.2, 0.25) is 0 Å². The summed E-state index contributed by atoms with van der Waals surface area (Å²) in [6, 6.07) is 0. The lowest BCUT2D eigenvalue weighted by molar-refractivity contribution is -0.117. The van der Waals surface area contributed by atoms with Crippen LogP contribution in [0.25, 0.3) is 0 Å². The monoisotopic (exact) mass is 165 g/mol. The van der Waals surface area contributed by atoms with E-state index >= 15 is 0 Å². The molecular weight excluding hydrogens is 150 g/mol. The lowest BCUT2D eigenvalue weighted by Crippen LogP contribution is -2.24. The van der Waals surface area contributed by atoms with Crippen LogP contribution in [0.15, 0.2) is 11.6 Å². The molecule has 2 heteroatoms. The summed E-state index contributed by atoms with van der Waals surface area (Å²) >= 11 is 0. The molecule has 1 amide bonds. The Balaban J connectivity index is 3.63. The van der Waals surface area contributed by atoms with Crippen molar-refractivity contribution in [3.63, 3.8) is 0 Å². The van der Waals surface area contributed by atoms with Gasteiger partial charge in [0.2, 0.25) is 5.91 Å². The zero-order chi connectivity index (χ0) is 9.40. The molecule has 0 saturated carbocycles. The van der Waals surface area contributed by atoms with E-state index in [2.05, 4.69) is 17.2 Å². The van der Waals surface area contributed by atoms with Gasteiger partial charge >= 0.3 is 0 Å². The fraction of sp³-hybridized carbons (Fsp3) is 0.500. The van der Waals surface area contributed by atoms with Crippen LogP contribution < -0.4 is 5.32 Å². The molecular formula is C10H15NO. The van der Waals surface area contributed by atoms with E-state index in [0.717, 1.165) is 12.0 Å². The van der Waals surface area contributed by atoms with Crippen molar-refractivity contribution in [2.45, 2.75) is 27.2 Å². The van der Waals surface area contributed by atoms with Crippen LogP contribution in [-0.4, -0.2) is 12.5 Å². The molecule has 0 radical (unpaired) electrons. The third-order valence-corrected chi connectivity index (χ3v) is 1.50. The number of amides is 1. The Kier molecular flexibility index (Phi) is 5.81. The molecule has 0 unspecified atom stereocenters. The summed E-state index contributed by atoms with van der Waals surface area (Å²) in [4.78, 5) is 11.1. The first-order chi connectivity index (χ1) is 5.72. The number of hydrogen-bond donors (Lipinski definition) is 1. The highest BCUT2D eigenvalue weighted by Gasteiger charge is 1.99. The van der Waals surface area contributed by atoms with Crippen molar-refractivity contribution in [3.8, 4) is 11.8 Å². The molecule has 0 aromatic rings. The van der Waals surface area contributed by atoms with Crippen molar-refractivity contribution in [1.29, 1.82) is 0 Å². The molecule has 0 saturated heterocycles. The number of hydrogen-bond acceptors (Lipinski definition) is 1. The van der Waals surface area contributed by atoms with Gasteiger partial charge in [-0.15, -0.1) is 11.8 Å². The molecule has 12 heavy (non-hydrogen) atoms. The summed E-state index contributed by atoms with van der Waals surface area (Å²) in [5.74, 6) is 5.64. The number of allylic oxidation sites excluding steroid dienone is 1. The predicted molar refractivity (Wildman–Crippen MR) is 50.5 cm³/mol. The van der Waals surface area contributed by atoms with Gasteiger partial charge in [-0.2, -0.15) is 0 Å². The van der Waals surface area contributed by atoms with E-state index in [4.69, 9.17) is 0 Å². The maximum Gasteiger partial charge on any atom is 0.246 e. The molecule has 0 fully saturated rings. The normalized spacial score (nSPS) is 10.1. The topological polar surface area (TPSA) is 29.1 Å². The highest BCUT2D eigenvalue weighted by molar-refractivity contribution is 5.92. The Labute approximate surface area is 74.0 Å². The largest absolute Gasteiger partial charge is 0.351 e. The van der Waals surface area contributed by atoms with E-state index in [1.54, 1.807) is 19.9 Å². The van der Waals surface area contributed by atoms with Crippen LogP contribution in [0.3, 0.4) is 0 Å². The summed E-state index contributed by atoms with van der Waals surface area (Å²) in [7, 11) is 0. The Morgan fingerprint density at radius 1 is 1.58 bits per heavy atom. The molecule has 0 bridgehead atoms. The van der Waals surface area contributed by atoms with Gasteiger partial charge in [-0.05, 0) is 20.8 Å². The minimum atomic E-state index is -0.00426. The summed E-state index contributed by atoms with van der Waals surface area (Å²) < 4.78 is 0.